The Bertz CT molecular complexity index is 511. The Morgan fingerprint density at radius 1 is 1.35 bits per heavy atom. The van der Waals surface area contributed by atoms with Crippen LogP contribution in [0.1, 0.15) is 23.6 Å². The van der Waals surface area contributed by atoms with Crippen molar-refractivity contribution in [2.24, 2.45) is 5.11 Å². The quantitative estimate of drug-likeness (QED) is 0.374. The van der Waals surface area contributed by atoms with Gasteiger partial charge in [-0.15, -0.1) is 0 Å². The lowest BCUT2D eigenvalue weighted by Crippen LogP contribution is -2.21. The van der Waals surface area contributed by atoms with E-state index in [2.05, 4.69) is 15.3 Å². The van der Waals surface area contributed by atoms with Crippen molar-refractivity contribution in [3.63, 3.8) is 0 Å². The van der Waals surface area contributed by atoms with Crippen LogP contribution in [0.15, 0.2) is 29.4 Å². The Kier molecular flexibility index (Phi) is 5.84. The Hall–Kier alpha value is -2.23. The summed E-state index contributed by atoms with van der Waals surface area (Å²) in [6.45, 7) is 0.729. The second-order valence-corrected chi connectivity index (χ2v) is 3.94. The van der Waals surface area contributed by atoms with Crippen LogP contribution in [-0.4, -0.2) is 13.1 Å². The molecule has 0 spiro atoms. The molecule has 0 aromatic heterocycles. The van der Waals surface area contributed by atoms with E-state index in [-0.39, 0.29) is 0 Å². The number of hydrogen-bond donors (Lipinski definition) is 1. The minimum atomic E-state index is -4.39. The fourth-order valence-electron chi connectivity index (χ4n) is 1.54. The molecule has 5 nitrogen and oxygen atoms in total. The van der Waals surface area contributed by atoms with E-state index in [1.165, 1.54) is 12.1 Å². The molecule has 1 aromatic carbocycles. The normalized spacial score (nSPS) is 12.3. The highest BCUT2D eigenvalue weighted by molar-refractivity contribution is 5.29. The number of nitrogens with one attached hydrogen (secondary N) is 1. The lowest BCUT2D eigenvalue weighted by molar-refractivity contribution is -0.137. The van der Waals surface area contributed by atoms with Crippen molar-refractivity contribution in [1.29, 1.82) is 5.26 Å². The largest absolute Gasteiger partial charge is 0.416 e. The third-order valence-electron chi connectivity index (χ3n) is 2.55. The van der Waals surface area contributed by atoms with E-state index in [1.807, 2.05) is 6.07 Å². The number of hydrogen-bond acceptors (Lipinski definition) is 3. The van der Waals surface area contributed by atoms with Crippen molar-refractivity contribution in [3.05, 3.63) is 45.8 Å². The molecule has 0 bridgehead atoms. The number of azide groups is 1. The average Bonchev–Trinajstić information content (AvgIpc) is 2.42. The number of alkyl halides is 3. The van der Waals surface area contributed by atoms with Crippen LogP contribution in [-0.2, 0) is 6.18 Å². The summed E-state index contributed by atoms with van der Waals surface area (Å²) in [6.07, 6.45) is -3.84. The Morgan fingerprint density at radius 3 is 2.50 bits per heavy atom. The van der Waals surface area contributed by atoms with Crippen LogP contribution in [0.5, 0.6) is 0 Å². The van der Waals surface area contributed by atoms with E-state index in [1.54, 1.807) is 0 Å². The van der Waals surface area contributed by atoms with Crippen LogP contribution in [0, 0.1) is 11.3 Å². The molecule has 1 aromatic rings. The maximum absolute atomic E-state index is 12.4. The highest BCUT2D eigenvalue weighted by Gasteiger charge is 2.30. The predicted molar refractivity (Wildman–Crippen MR) is 66.4 cm³/mol. The molecule has 0 radical (unpaired) electrons. The molecule has 0 aliphatic carbocycles. The zero-order valence-corrected chi connectivity index (χ0v) is 10.4. The van der Waals surface area contributed by atoms with E-state index in [9.17, 15) is 13.2 Å². The van der Waals surface area contributed by atoms with Gasteiger partial charge in [-0.05, 0) is 36.2 Å². The lowest BCUT2D eigenvalue weighted by atomic mass is 10.1. The third-order valence-corrected chi connectivity index (χ3v) is 2.55. The van der Waals surface area contributed by atoms with E-state index < -0.39 is 17.8 Å². The number of nitrogens with zero attached hydrogens (tertiary/aromatic N) is 4. The van der Waals surface area contributed by atoms with Gasteiger partial charge in [-0.25, -0.2) is 0 Å². The van der Waals surface area contributed by atoms with Crippen molar-refractivity contribution in [1.82, 2.24) is 5.32 Å². The van der Waals surface area contributed by atoms with Gasteiger partial charge in [-0.1, -0.05) is 17.2 Å². The zero-order valence-electron chi connectivity index (χ0n) is 10.4. The maximum atomic E-state index is 12.4. The van der Waals surface area contributed by atoms with Gasteiger partial charge in [0.1, 0.15) is 6.04 Å². The molecular weight excluding hydrogens is 271 g/mol. The smallest absolute Gasteiger partial charge is 0.298 e. The number of benzene rings is 1. The molecule has 8 heteroatoms. The monoisotopic (exact) mass is 283 g/mol. The van der Waals surface area contributed by atoms with E-state index in [0.717, 1.165) is 12.1 Å². The first-order valence-corrected chi connectivity index (χ1v) is 5.80. The van der Waals surface area contributed by atoms with Gasteiger partial charge in [-0.3, -0.25) is 5.32 Å². The molecule has 1 unspecified atom stereocenters. The molecule has 0 heterocycles. The predicted octanol–water partition coefficient (Wildman–Crippen LogP) is 3.56. The minimum absolute atomic E-state index is 0.300. The summed E-state index contributed by atoms with van der Waals surface area (Å²) in [5.74, 6) is 0. The molecule has 20 heavy (non-hydrogen) atoms. The molecule has 0 aliphatic heterocycles. The molecule has 0 saturated carbocycles. The fraction of sp³-hybridized carbons (Fsp3) is 0.417. The van der Waals surface area contributed by atoms with E-state index in [0.29, 0.717) is 25.1 Å². The van der Waals surface area contributed by atoms with Gasteiger partial charge in [0.15, 0.2) is 0 Å². The second kappa shape index (κ2) is 7.38. The first-order chi connectivity index (χ1) is 9.49. The van der Waals surface area contributed by atoms with Crippen molar-refractivity contribution >= 4 is 0 Å². The van der Waals surface area contributed by atoms with Crippen LogP contribution < -0.4 is 5.32 Å². The zero-order chi connectivity index (χ0) is 15.0. The Balaban J connectivity index is 2.62. The van der Waals surface area contributed by atoms with E-state index >= 15 is 0 Å². The van der Waals surface area contributed by atoms with Crippen LogP contribution >= 0.6 is 0 Å². The van der Waals surface area contributed by atoms with E-state index in [4.69, 9.17) is 10.8 Å². The van der Waals surface area contributed by atoms with Crippen LogP contribution in [0.3, 0.4) is 0 Å². The highest BCUT2D eigenvalue weighted by Crippen LogP contribution is 2.29. The average molecular weight is 283 g/mol. The molecule has 0 fully saturated rings. The summed E-state index contributed by atoms with van der Waals surface area (Å²) < 4.78 is 37.2. The standard InChI is InChI=1S/C12H12F3N5/c13-12(14,15)10-4-2-9(3-5-10)11(8-16)18-6-1-7-19-20-17/h2-5,11,18H,1,6-7H2. The van der Waals surface area contributed by atoms with Gasteiger partial charge < -0.3 is 0 Å². The second-order valence-electron chi connectivity index (χ2n) is 3.94. The van der Waals surface area contributed by atoms with Gasteiger partial charge in [-0.2, -0.15) is 18.4 Å². The van der Waals surface area contributed by atoms with Gasteiger partial charge in [0.25, 0.3) is 0 Å². The number of rotatable bonds is 6. The lowest BCUT2D eigenvalue weighted by Gasteiger charge is -2.13. The minimum Gasteiger partial charge on any atom is -0.298 e. The summed E-state index contributed by atoms with van der Waals surface area (Å²) in [6, 6.07) is 5.72. The summed E-state index contributed by atoms with van der Waals surface area (Å²) in [5, 5.41) is 15.2. The fourth-order valence-corrected chi connectivity index (χ4v) is 1.54. The molecule has 0 aliphatic rings. The summed E-state index contributed by atoms with van der Waals surface area (Å²) in [4.78, 5) is 2.59. The summed E-state index contributed by atoms with van der Waals surface area (Å²) >= 11 is 0. The van der Waals surface area contributed by atoms with Crippen molar-refractivity contribution in [2.45, 2.75) is 18.6 Å². The molecule has 0 amide bonds. The summed E-state index contributed by atoms with van der Waals surface area (Å²) in [7, 11) is 0. The topological polar surface area (TPSA) is 84.6 Å². The third kappa shape index (κ3) is 4.80. The molecule has 1 atom stereocenters. The molecule has 0 saturated heterocycles. The summed E-state index contributed by atoms with van der Waals surface area (Å²) in [5.41, 5.74) is 7.80. The molecule has 106 valence electrons. The van der Waals surface area contributed by atoms with Crippen molar-refractivity contribution in [2.75, 3.05) is 13.1 Å². The van der Waals surface area contributed by atoms with Gasteiger partial charge in [0, 0.05) is 11.5 Å². The van der Waals surface area contributed by atoms with Gasteiger partial charge >= 0.3 is 6.18 Å². The van der Waals surface area contributed by atoms with Crippen LogP contribution in [0.4, 0.5) is 13.2 Å². The first-order valence-electron chi connectivity index (χ1n) is 5.80. The van der Waals surface area contributed by atoms with Gasteiger partial charge in [0.05, 0.1) is 11.6 Å². The first kappa shape index (κ1) is 15.8. The SMILES string of the molecule is N#CC(NCCCN=[N+]=[N-])c1ccc(C(F)(F)F)cc1. The molecule has 1 rings (SSSR count). The Morgan fingerprint density at radius 2 is 2.00 bits per heavy atom. The van der Waals surface area contributed by atoms with Gasteiger partial charge in [0.2, 0.25) is 0 Å². The van der Waals surface area contributed by atoms with Crippen molar-refractivity contribution in [3.8, 4) is 6.07 Å². The van der Waals surface area contributed by atoms with Crippen molar-refractivity contribution < 1.29 is 13.2 Å². The highest BCUT2D eigenvalue weighted by atomic mass is 19.4. The van der Waals surface area contributed by atoms with Crippen LogP contribution in [0.2, 0.25) is 0 Å². The molecular formula is C12H12F3N5. The molecule has 1 N–H and O–H groups in total. The number of halogens is 3. The number of nitriles is 1. The maximum Gasteiger partial charge on any atom is 0.416 e. The van der Waals surface area contributed by atoms with Crippen LogP contribution in [0.25, 0.3) is 10.4 Å². The Labute approximate surface area is 113 Å².